The van der Waals surface area contributed by atoms with E-state index in [-0.39, 0.29) is 0 Å². The summed E-state index contributed by atoms with van der Waals surface area (Å²) < 4.78 is 8.95. The van der Waals surface area contributed by atoms with E-state index in [1.807, 2.05) is 23.5 Å². The van der Waals surface area contributed by atoms with Crippen LogP contribution in [-0.2, 0) is 0 Å². The van der Waals surface area contributed by atoms with E-state index in [1.165, 1.54) is 74.7 Å². The van der Waals surface area contributed by atoms with E-state index in [2.05, 4.69) is 150 Å². The summed E-state index contributed by atoms with van der Waals surface area (Å²) in [5.74, 6) is 0.693. The van der Waals surface area contributed by atoms with Crippen molar-refractivity contribution >= 4 is 70.5 Å². The van der Waals surface area contributed by atoms with Crippen molar-refractivity contribution in [1.82, 2.24) is 0 Å². The fraction of sp³-hybridized carbons (Fsp3) is 0.125. The number of hydrogen-bond donors (Lipinski definition) is 0. The van der Waals surface area contributed by atoms with Crippen LogP contribution in [0.2, 0.25) is 0 Å². The summed E-state index contributed by atoms with van der Waals surface area (Å²) in [6, 6.07) is 57.6. The van der Waals surface area contributed by atoms with Gasteiger partial charge in [-0.25, -0.2) is 0 Å². The highest BCUT2D eigenvalue weighted by atomic mass is 32.1. The first kappa shape index (κ1) is 30.2. The van der Waals surface area contributed by atoms with Gasteiger partial charge in [-0.3, -0.25) is 0 Å². The number of rotatable bonds is 6. The van der Waals surface area contributed by atoms with E-state index < -0.39 is 0 Å². The Balaban J connectivity index is 1.09. The number of anilines is 3. The summed E-state index contributed by atoms with van der Waals surface area (Å²) in [6.45, 7) is 0. The normalized spacial score (nSPS) is 13.8. The summed E-state index contributed by atoms with van der Waals surface area (Å²) in [4.78, 5) is 2.44. The van der Waals surface area contributed by atoms with Crippen molar-refractivity contribution in [3.05, 3.63) is 163 Å². The van der Waals surface area contributed by atoms with Gasteiger partial charge >= 0.3 is 0 Å². The zero-order chi connectivity index (χ0) is 33.7. The van der Waals surface area contributed by atoms with Crippen molar-refractivity contribution in [2.24, 2.45) is 0 Å². The molecular formula is C48H37NOS. The molecule has 1 aliphatic rings. The molecule has 0 bridgehead atoms. The average Bonchev–Trinajstić information content (AvgIpc) is 3.77. The Morgan fingerprint density at radius 3 is 1.90 bits per heavy atom. The Hall–Kier alpha value is -5.64. The first-order chi connectivity index (χ1) is 25.3. The van der Waals surface area contributed by atoms with Gasteiger partial charge in [-0.1, -0.05) is 116 Å². The molecule has 2 aromatic heterocycles. The molecule has 10 rings (SSSR count). The van der Waals surface area contributed by atoms with E-state index in [9.17, 15) is 0 Å². The Morgan fingerprint density at radius 1 is 0.471 bits per heavy atom. The molecule has 0 aliphatic heterocycles. The Morgan fingerprint density at radius 2 is 1.12 bits per heavy atom. The van der Waals surface area contributed by atoms with Gasteiger partial charge in [-0.2, -0.15) is 0 Å². The lowest BCUT2D eigenvalue weighted by atomic mass is 9.84. The first-order valence-corrected chi connectivity index (χ1v) is 19.0. The zero-order valence-electron chi connectivity index (χ0n) is 28.4. The first-order valence-electron chi connectivity index (χ1n) is 18.2. The van der Waals surface area contributed by atoms with Gasteiger partial charge in [0.05, 0.1) is 5.69 Å². The molecule has 2 heterocycles. The third-order valence-electron chi connectivity index (χ3n) is 10.9. The van der Waals surface area contributed by atoms with Gasteiger partial charge in [-0.15, -0.1) is 11.3 Å². The van der Waals surface area contributed by atoms with Crippen molar-refractivity contribution < 1.29 is 4.42 Å². The van der Waals surface area contributed by atoms with E-state index in [1.54, 1.807) is 0 Å². The van der Waals surface area contributed by atoms with Crippen molar-refractivity contribution in [3.63, 3.8) is 0 Å². The molecular weight excluding hydrogens is 639 g/mol. The van der Waals surface area contributed by atoms with Crippen molar-refractivity contribution in [3.8, 4) is 22.3 Å². The van der Waals surface area contributed by atoms with Crippen molar-refractivity contribution in [2.45, 2.75) is 38.0 Å². The van der Waals surface area contributed by atoms with E-state index in [0.29, 0.717) is 5.92 Å². The summed E-state index contributed by atoms with van der Waals surface area (Å²) in [5, 5.41) is 4.97. The summed E-state index contributed by atoms with van der Waals surface area (Å²) in [6.07, 6.45) is 6.72. The van der Waals surface area contributed by atoms with Crippen LogP contribution in [0.5, 0.6) is 0 Å². The molecule has 9 aromatic rings. The summed E-state index contributed by atoms with van der Waals surface area (Å²) >= 11 is 1.93. The van der Waals surface area contributed by atoms with Gasteiger partial charge in [0.1, 0.15) is 11.2 Å². The molecule has 0 saturated heterocycles. The standard InChI is InChI=1S/C48H37NOS/c1-3-10-32(11-4-1)34-18-24-38(25-19-34)49(39-26-20-35(21-27-39)36-22-28-41-40-14-7-8-16-44(40)50-45(41)30-36)43-15-9-17-46-48(43)42-29-23-37(31-47(42)51-46)33-12-5-2-6-13-33/h1,3-4,7-11,14-31,33H,2,5-6,12-13H2. The number of benzene rings is 7. The lowest BCUT2D eigenvalue weighted by Crippen LogP contribution is -2.10. The lowest BCUT2D eigenvalue weighted by Gasteiger charge is -2.27. The van der Waals surface area contributed by atoms with Crippen LogP contribution < -0.4 is 4.90 Å². The largest absolute Gasteiger partial charge is 0.456 e. The number of furan rings is 1. The fourth-order valence-corrected chi connectivity index (χ4v) is 9.44. The van der Waals surface area contributed by atoms with E-state index in [4.69, 9.17) is 4.42 Å². The van der Waals surface area contributed by atoms with Crippen LogP contribution in [0, 0.1) is 0 Å². The minimum atomic E-state index is 0.693. The monoisotopic (exact) mass is 675 g/mol. The predicted molar refractivity (Wildman–Crippen MR) is 218 cm³/mol. The molecule has 2 nitrogen and oxygen atoms in total. The minimum absolute atomic E-state index is 0.693. The molecule has 0 spiro atoms. The second kappa shape index (κ2) is 12.6. The molecule has 0 radical (unpaired) electrons. The maximum absolute atomic E-state index is 6.24. The van der Waals surface area contributed by atoms with Crippen LogP contribution in [0.25, 0.3) is 64.4 Å². The Labute approximate surface area is 302 Å². The van der Waals surface area contributed by atoms with Gasteiger partial charge in [0.25, 0.3) is 0 Å². The highest BCUT2D eigenvalue weighted by Crippen LogP contribution is 2.46. The van der Waals surface area contributed by atoms with Crippen LogP contribution in [0.1, 0.15) is 43.6 Å². The molecule has 3 heteroatoms. The molecule has 246 valence electrons. The molecule has 0 unspecified atom stereocenters. The smallest absolute Gasteiger partial charge is 0.136 e. The molecule has 51 heavy (non-hydrogen) atoms. The highest BCUT2D eigenvalue weighted by molar-refractivity contribution is 7.26. The number of nitrogens with zero attached hydrogens (tertiary/aromatic N) is 1. The van der Waals surface area contributed by atoms with E-state index >= 15 is 0 Å². The minimum Gasteiger partial charge on any atom is -0.456 e. The van der Waals surface area contributed by atoms with Gasteiger partial charge in [-0.05, 0) is 107 Å². The number of fused-ring (bicyclic) bond motifs is 6. The molecule has 7 aromatic carbocycles. The van der Waals surface area contributed by atoms with Gasteiger partial charge < -0.3 is 9.32 Å². The highest BCUT2D eigenvalue weighted by Gasteiger charge is 2.21. The predicted octanol–water partition coefficient (Wildman–Crippen LogP) is 14.8. The van der Waals surface area contributed by atoms with Crippen LogP contribution in [0.15, 0.2) is 162 Å². The average molecular weight is 676 g/mol. The SMILES string of the molecule is c1ccc(-c2ccc(N(c3ccc(-c4ccc5c(c4)oc4ccccc45)cc3)c3cccc4sc5cc(C6CCCCC6)ccc5c34)cc2)cc1. The molecule has 0 amide bonds. The van der Waals surface area contributed by atoms with E-state index in [0.717, 1.165) is 44.4 Å². The van der Waals surface area contributed by atoms with Gasteiger partial charge in [0, 0.05) is 42.3 Å². The zero-order valence-corrected chi connectivity index (χ0v) is 29.2. The van der Waals surface area contributed by atoms with Crippen LogP contribution in [-0.4, -0.2) is 0 Å². The summed E-state index contributed by atoms with van der Waals surface area (Å²) in [5.41, 5.74) is 11.6. The number of para-hydroxylation sites is 1. The van der Waals surface area contributed by atoms with Crippen molar-refractivity contribution in [1.29, 1.82) is 0 Å². The maximum Gasteiger partial charge on any atom is 0.136 e. The molecule has 1 fully saturated rings. The molecule has 1 saturated carbocycles. The van der Waals surface area contributed by atoms with Crippen LogP contribution >= 0.6 is 11.3 Å². The number of thiophene rings is 1. The third-order valence-corrected chi connectivity index (χ3v) is 12.0. The quantitative estimate of drug-likeness (QED) is 0.174. The van der Waals surface area contributed by atoms with Crippen LogP contribution in [0.4, 0.5) is 17.1 Å². The topological polar surface area (TPSA) is 16.4 Å². The lowest BCUT2D eigenvalue weighted by molar-refractivity contribution is 0.444. The third kappa shape index (κ3) is 5.40. The molecule has 0 N–H and O–H groups in total. The van der Waals surface area contributed by atoms with Gasteiger partial charge in [0.2, 0.25) is 0 Å². The summed E-state index contributed by atoms with van der Waals surface area (Å²) in [7, 11) is 0. The molecule has 1 aliphatic carbocycles. The Bertz CT molecular complexity index is 2660. The van der Waals surface area contributed by atoms with Crippen molar-refractivity contribution in [2.75, 3.05) is 4.90 Å². The Kier molecular flexibility index (Phi) is 7.46. The molecule has 0 atom stereocenters. The second-order valence-electron chi connectivity index (χ2n) is 13.9. The van der Waals surface area contributed by atoms with Gasteiger partial charge in [0.15, 0.2) is 0 Å². The number of hydrogen-bond acceptors (Lipinski definition) is 3. The second-order valence-corrected chi connectivity index (χ2v) is 15.0. The fourth-order valence-electron chi connectivity index (χ4n) is 8.27. The van der Waals surface area contributed by atoms with Crippen LogP contribution in [0.3, 0.4) is 0 Å². The maximum atomic E-state index is 6.24.